The average Bonchev–Trinajstić information content (AvgIpc) is 3.28. The molecule has 0 N–H and O–H groups in total. The number of amides is 1. The van der Waals surface area contributed by atoms with Gasteiger partial charge < -0.3 is 14.2 Å². The minimum absolute atomic E-state index is 0.0554. The highest BCUT2D eigenvalue weighted by Gasteiger charge is 2.31. The van der Waals surface area contributed by atoms with E-state index in [0.717, 1.165) is 17.8 Å². The van der Waals surface area contributed by atoms with Crippen LogP contribution in [0.1, 0.15) is 24.3 Å². The van der Waals surface area contributed by atoms with Gasteiger partial charge in [0.25, 0.3) is 0 Å². The van der Waals surface area contributed by atoms with Crippen LogP contribution in [-0.2, 0) is 17.4 Å². The molecule has 4 rings (SSSR count). The molecule has 0 saturated carbocycles. The van der Waals surface area contributed by atoms with E-state index in [9.17, 15) is 18.0 Å². The van der Waals surface area contributed by atoms with E-state index in [4.69, 9.17) is 4.42 Å². The Morgan fingerprint density at radius 3 is 2.38 bits per heavy atom. The summed E-state index contributed by atoms with van der Waals surface area (Å²) in [6.45, 7) is 2.09. The fourth-order valence-electron chi connectivity index (χ4n) is 3.64. The standard InChI is InChI=1S/C23H23F3N4O2/c24-23(25,26)18-9-10-20(27-15-18)29-11-13-30(14-12-29)22(31)8-4-7-21-28-16-19(32-21)17-5-2-1-3-6-17/h1-3,5-6,9-10,15-16H,4,7-8,11-14H2. The van der Waals surface area contributed by atoms with Gasteiger partial charge in [-0.15, -0.1) is 0 Å². The summed E-state index contributed by atoms with van der Waals surface area (Å²) in [5.74, 6) is 1.86. The number of aromatic nitrogens is 2. The molecule has 1 aliphatic heterocycles. The number of benzene rings is 1. The smallest absolute Gasteiger partial charge is 0.417 e. The number of pyridine rings is 1. The van der Waals surface area contributed by atoms with Crippen LogP contribution in [0.15, 0.2) is 59.3 Å². The van der Waals surface area contributed by atoms with E-state index in [0.29, 0.717) is 62.9 Å². The molecule has 1 fully saturated rings. The van der Waals surface area contributed by atoms with Gasteiger partial charge in [0.05, 0.1) is 11.8 Å². The lowest BCUT2D eigenvalue weighted by atomic mass is 10.2. The summed E-state index contributed by atoms with van der Waals surface area (Å²) in [6.07, 6.45) is -0.255. The second-order valence-electron chi connectivity index (χ2n) is 7.61. The Bertz CT molecular complexity index is 1030. The fourth-order valence-corrected chi connectivity index (χ4v) is 3.64. The molecule has 9 heteroatoms. The van der Waals surface area contributed by atoms with Crippen molar-refractivity contribution in [3.8, 4) is 11.3 Å². The maximum Gasteiger partial charge on any atom is 0.417 e. The highest BCUT2D eigenvalue weighted by molar-refractivity contribution is 5.76. The summed E-state index contributed by atoms with van der Waals surface area (Å²) < 4.78 is 43.8. The van der Waals surface area contributed by atoms with E-state index in [2.05, 4.69) is 9.97 Å². The Morgan fingerprint density at radius 2 is 1.72 bits per heavy atom. The number of rotatable bonds is 6. The SMILES string of the molecule is O=C(CCCc1ncc(-c2ccccc2)o1)N1CCN(c2ccc(C(F)(F)F)cn2)CC1. The van der Waals surface area contributed by atoms with E-state index in [1.165, 1.54) is 6.07 Å². The lowest BCUT2D eigenvalue weighted by Gasteiger charge is -2.35. The molecule has 2 aromatic heterocycles. The Balaban J connectivity index is 1.22. The van der Waals surface area contributed by atoms with Gasteiger partial charge in [0.2, 0.25) is 5.91 Å². The first-order chi connectivity index (χ1) is 15.4. The minimum Gasteiger partial charge on any atom is -0.441 e. The summed E-state index contributed by atoms with van der Waals surface area (Å²) in [4.78, 5) is 24.4. The van der Waals surface area contributed by atoms with Crippen LogP contribution in [0.5, 0.6) is 0 Å². The first-order valence-electron chi connectivity index (χ1n) is 10.5. The number of halogens is 3. The molecule has 3 aromatic rings. The third kappa shape index (κ3) is 5.27. The number of carbonyl (C=O) groups excluding carboxylic acids is 1. The average molecular weight is 444 g/mol. The van der Waals surface area contributed by atoms with E-state index in [1.807, 2.05) is 35.2 Å². The van der Waals surface area contributed by atoms with Crippen LogP contribution < -0.4 is 4.90 Å². The van der Waals surface area contributed by atoms with Gasteiger partial charge in [-0.1, -0.05) is 30.3 Å². The molecular formula is C23H23F3N4O2. The van der Waals surface area contributed by atoms with E-state index in [-0.39, 0.29) is 5.91 Å². The number of hydrogen-bond donors (Lipinski definition) is 0. The lowest BCUT2D eigenvalue weighted by Crippen LogP contribution is -2.49. The van der Waals surface area contributed by atoms with Crippen molar-refractivity contribution in [1.82, 2.24) is 14.9 Å². The van der Waals surface area contributed by atoms with Crippen molar-refractivity contribution in [3.63, 3.8) is 0 Å². The van der Waals surface area contributed by atoms with Crippen LogP contribution >= 0.6 is 0 Å². The highest BCUT2D eigenvalue weighted by atomic mass is 19.4. The summed E-state index contributed by atoms with van der Waals surface area (Å²) in [7, 11) is 0. The quantitative estimate of drug-likeness (QED) is 0.563. The van der Waals surface area contributed by atoms with Crippen LogP contribution in [0, 0.1) is 0 Å². The maximum absolute atomic E-state index is 12.7. The van der Waals surface area contributed by atoms with Gasteiger partial charge in [0.1, 0.15) is 5.82 Å². The van der Waals surface area contributed by atoms with Crippen LogP contribution in [-0.4, -0.2) is 47.0 Å². The maximum atomic E-state index is 12.7. The minimum atomic E-state index is -4.40. The zero-order chi connectivity index (χ0) is 22.6. The number of hydrogen-bond acceptors (Lipinski definition) is 5. The predicted molar refractivity (Wildman–Crippen MR) is 113 cm³/mol. The van der Waals surface area contributed by atoms with Crippen LogP contribution in [0.25, 0.3) is 11.3 Å². The van der Waals surface area contributed by atoms with Gasteiger partial charge in [-0.25, -0.2) is 9.97 Å². The Kier molecular flexibility index (Phi) is 6.43. The van der Waals surface area contributed by atoms with Gasteiger partial charge in [-0.05, 0) is 18.6 Å². The summed E-state index contributed by atoms with van der Waals surface area (Å²) in [5, 5.41) is 0. The zero-order valence-electron chi connectivity index (χ0n) is 17.4. The molecule has 168 valence electrons. The fraction of sp³-hybridized carbons (Fsp3) is 0.348. The van der Waals surface area contributed by atoms with Crippen molar-refractivity contribution in [1.29, 1.82) is 0 Å². The third-order valence-corrected chi connectivity index (χ3v) is 5.42. The van der Waals surface area contributed by atoms with Crippen molar-refractivity contribution in [2.45, 2.75) is 25.4 Å². The van der Waals surface area contributed by atoms with Gasteiger partial charge in [-0.3, -0.25) is 4.79 Å². The van der Waals surface area contributed by atoms with Crippen molar-refractivity contribution in [2.75, 3.05) is 31.1 Å². The van der Waals surface area contributed by atoms with Crippen molar-refractivity contribution in [3.05, 3.63) is 66.3 Å². The molecule has 6 nitrogen and oxygen atoms in total. The van der Waals surface area contributed by atoms with Crippen molar-refractivity contribution in [2.24, 2.45) is 0 Å². The molecule has 0 atom stereocenters. The topological polar surface area (TPSA) is 62.5 Å². The number of anilines is 1. The normalized spacial score (nSPS) is 14.6. The van der Waals surface area contributed by atoms with Crippen LogP contribution in [0.4, 0.5) is 19.0 Å². The summed E-state index contributed by atoms with van der Waals surface area (Å²) in [6, 6.07) is 12.1. The molecule has 32 heavy (non-hydrogen) atoms. The highest BCUT2D eigenvalue weighted by Crippen LogP contribution is 2.29. The number of carbonyl (C=O) groups is 1. The molecule has 1 amide bonds. The Hall–Kier alpha value is -3.36. The monoisotopic (exact) mass is 444 g/mol. The molecule has 1 saturated heterocycles. The molecule has 0 bridgehead atoms. The van der Waals surface area contributed by atoms with Gasteiger partial charge in [0.15, 0.2) is 11.7 Å². The number of alkyl halides is 3. The Labute approximate surface area is 183 Å². The van der Waals surface area contributed by atoms with Gasteiger partial charge in [-0.2, -0.15) is 13.2 Å². The number of piperazine rings is 1. The molecule has 1 aromatic carbocycles. The van der Waals surface area contributed by atoms with E-state index < -0.39 is 11.7 Å². The molecule has 0 spiro atoms. The van der Waals surface area contributed by atoms with E-state index in [1.54, 1.807) is 11.1 Å². The van der Waals surface area contributed by atoms with Crippen molar-refractivity contribution < 1.29 is 22.4 Å². The molecule has 1 aliphatic rings. The lowest BCUT2D eigenvalue weighted by molar-refractivity contribution is -0.138. The van der Waals surface area contributed by atoms with Gasteiger partial charge >= 0.3 is 6.18 Å². The number of nitrogens with zero attached hydrogens (tertiary/aromatic N) is 4. The third-order valence-electron chi connectivity index (χ3n) is 5.42. The first kappa shape index (κ1) is 21.9. The number of oxazole rings is 1. The van der Waals surface area contributed by atoms with Crippen LogP contribution in [0.3, 0.4) is 0 Å². The first-order valence-corrected chi connectivity index (χ1v) is 10.5. The van der Waals surface area contributed by atoms with Crippen molar-refractivity contribution >= 4 is 11.7 Å². The molecule has 0 unspecified atom stereocenters. The molecule has 0 aliphatic carbocycles. The van der Waals surface area contributed by atoms with E-state index >= 15 is 0 Å². The zero-order valence-corrected chi connectivity index (χ0v) is 17.4. The van der Waals surface area contributed by atoms with Gasteiger partial charge in [0, 0.05) is 50.8 Å². The molecule has 3 heterocycles. The second kappa shape index (κ2) is 9.42. The van der Waals surface area contributed by atoms with Crippen LogP contribution in [0.2, 0.25) is 0 Å². The largest absolute Gasteiger partial charge is 0.441 e. The molecular weight excluding hydrogens is 421 g/mol. The summed E-state index contributed by atoms with van der Waals surface area (Å²) >= 11 is 0. The second-order valence-corrected chi connectivity index (χ2v) is 7.61. The Morgan fingerprint density at radius 1 is 0.969 bits per heavy atom. The summed E-state index contributed by atoms with van der Waals surface area (Å²) in [5.41, 5.74) is 0.194. The molecule has 0 radical (unpaired) electrons. The number of aryl methyl sites for hydroxylation is 1. The predicted octanol–water partition coefficient (Wildman–Crippen LogP) is 4.43.